The van der Waals surface area contributed by atoms with Crippen LogP contribution in [-0.4, -0.2) is 31.8 Å². The number of carboxylic acids is 1. The van der Waals surface area contributed by atoms with Crippen molar-refractivity contribution in [3.63, 3.8) is 0 Å². The topological polar surface area (TPSA) is 74.7 Å². The van der Waals surface area contributed by atoms with Crippen molar-refractivity contribution >= 4 is 27.8 Å². The Balaban J connectivity index is 2.30. The van der Waals surface area contributed by atoms with Gasteiger partial charge in [0.25, 0.3) is 0 Å². The fourth-order valence-electron chi connectivity index (χ4n) is 2.03. The van der Waals surface area contributed by atoms with Gasteiger partial charge in [-0.05, 0) is 36.6 Å². The standard InChI is InChI=1S/C13H15NO4S/c15-13(16)7-6-11-4-3-5-12(10-11)14-8-1-2-9-19(14,17)18/h3-7,10H,1-2,8-9H2,(H,15,16)/b7-6+. The Kier molecular flexibility index (Phi) is 3.90. The molecule has 0 unspecified atom stereocenters. The van der Waals surface area contributed by atoms with E-state index in [2.05, 4.69) is 0 Å². The molecule has 1 N–H and O–H groups in total. The SMILES string of the molecule is O=C(O)/C=C/c1cccc(N2CCCCS2(=O)=O)c1. The smallest absolute Gasteiger partial charge is 0.328 e. The van der Waals surface area contributed by atoms with Crippen LogP contribution in [0.2, 0.25) is 0 Å². The van der Waals surface area contributed by atoms with Crippen molar-refractivity contribution in [2.75, 3.05) is 16.6 Å². The van der Waals surface area contributed by atoms with Gasteiger partial charge in [-0.25, -0.2) is 13.2 Å². The summed E-state index contributed by atoms with van der Waals surface area (Å²) < 4.78 is 25.3. The number of rotatable bonds is 3. The van der Waals surface area contributed by atoms with Gasteiger partial charge in [-0.15, -0.1) is 0 Å². The Bertz CT molecular complexity index is 607. The third-order valence-corrected chi connectivity index (χ3v) is 4.80. The summed E-state index contributed by atoms with van der Waals surface area (Å²) >= 11 is 0. The molecule has 0 spiro atoms. The van der Waals surface area contributed by atoms with Crippen molar-refractivity contribution in [1.29, 1.82) is 0 Å². The van der Waals surface area contributed by atoms with Crippen molar-refractivity contribution in [1.82, 2.24) is 0 Å². The van der Waals surface area contributed by atoms with Gasteiger partial charge < -0.3 is 5.11 Å². The van der Waals surface area contributed by atoms with Crippen molar-refractivity contribution in [2.24, 2.45) is 0 Å². The molecule has 1 aliphatic heterocycles. The maximum Gasteiger partial charge on any atom is 0.328 e. The summed E-state index contributed by atoms with van der Waals surface area (Å²) in [6.45, 7) is 0.481. The summed E-state index contributed by atoms with van der Waals surface area (Å²) in [4.78, 5) is 10.5. The van der Waals surface area contributed by atoms with Gasteiger partial charge in [0, 0.05) is 12.6 Å². The second-order valence-electron chi connectivity index (χ2n) is 4.36. The van der Waals surface area contributed by atoms with Crippen LogP contribution in [0.5, 0.6) is 0 Å². The number of aliphatic carboxylic acids is 1. The van der Waals surface area contributed by atoms with E-state index in [4.69, 9.17) is 5.11 Å². The van der Waals surface area contributed by atoms with Crippen molar-refractivity contribution in [2.45, 2.75) is 12.8 Å². The Morgan fingerprint density at radius 2 is 2.11 bits per heavy atom. The Labute approximate surface area is 112 Å². The summed E-state index contributed by atoms with van der Waals surface area (Å²) in [5, 5.41) is 8.58. The summed E-state index contributed by atoms with van der Waals surface area (Å²) in [7, 11) is -3.23. The van der Waals surface area contributed by atoms with Crippen molar-refractivity contribution in [3.8, 4) is 0 Å². The Morgan fingerprint density at radius 1 is 1.32 bits per heavy atom. The van der Waals surface area contributed by atoms with Crippen molar-refractivity contribution in [3.05, 3.63) is 35.9 Å². The van der Waals surface area contributed by atoms with Crippen LogP contribution >= 0.6 is 0 Å². The van der Waals surface area contributed by atoms with Gasteiger partial charge in [0.15, 0.2) is 0 Å². The molecule has 1 saturated heterocycles. The minimum absolute atomic E-state index is 0.169. The molecule has 102 valence electrons. The fourth-order valence-corrected chi connectivity index (χ4v) is 3.66. The number of carbonyl (C=O) groups is 1. The zero-order valence-electron chi connectivity index (χ0n) is 10.3. The summed E-state index contributed by atoms with van der Waals surface area (Å²) in [6.07, 6.45) is 4.01. The van der Waals surface area contributed by atoms with Gasteiger partial charge in [0.2, 0.25) is 10.0 Å². The molecule has 19 heavy (non-hydrogen) atoms. The second-order valence-corrected chi connectivity index (χ2v) is 6.37. The quantitative estimate of drug-likeness (QED) is 0.856. The van der Waals surface area contributed by atoms with E-state index in [9.17, 15) is 13.2 Å². The van der Waals surface area contributed by atoms with Crippen LogP contribution in [0.25, 0.3) is 6.08 Å². The Hall–Kier alpha value is -1.82. The summed E-state index contributed by atoms with van der Waals surface area (Å²) in [5.74, 6) is -0.863. The molecule has 0 radical (unpaired) electrons. The number of hydrogen-bond acceptors (Lipinski definition) is 3. The zero-order chi connectivity index (χ0) is 13.9. The van der Waals surface area contributed by atoms with E-state index >= 15 is 0 Å². The van der Waals surface area contributed by atoms with Crippen LogP contribution in [0.4, 0.5) is 5.69 Å². The van der Waals surface area contributed by atoms with Crippen LogP contribution < -0.4 is 4.31 Å². The number of anilines is 1. The predicted octanol–water partition coefficient (Wildman–Crippen LogP) is 1.71. The molecule has 1 fully saturated rings. The van der Waals surface area contributed by atoms with Gasteiger partial charge in [-0.1, -0.05) is 12.1 Å². The highest BCUT2D eigenvalue weighted by atomic mass is 32.2. The maximum absolute atomic E-state index is 12.0. The molecule has 6 heteroatoms. The average molecular weight is 281 g/mol. The molecule has 0 bridgehead atoms. The molecule has 1 aliphatic rings. The molecule has 1 aromatic carbocycles. The van der Waals surface area contributed by atoms with Gasteiger partial charge in [-0.3, -0.25) is 4.31 Å². The monoisotopic (exact) mass is 281 g/mol. The fraction of sp³-hybridized carbons (Fsp3) is 0.308. The first-order valence-electron chi connectivity index (χ1n) is 6.00. The largest absolute Gasteiger partial charge is 0.478 e. The molecule has 0 aromatic heterocycles. The summed E-state index contributed by atoms with van der Waals surface area (Å²) in [5.41, 5.74) is 1.26. The van der Waals surface area contributed by atoms with E-state index in [0.717, 1.165) is 12.5 Å². The highest BCUT2D eigenvalue weighted by Crippen LogP contribution is 2.24. The third kappa shape index (κ3) is 3.35. The summed E-state index contributed by atoms with van der Waals surface area (Å²) in [6, 6.07) is 6.86. The van der Waals surface area contributed by atoms with Gasteiger partial charge in [0.1, 0.15) is 0 Å². The van der Waals surface area contributed by atoms with E-state index in [-0.39, 0.29) is 5.75 Å². The molecular weight excluding hydrogens is 266 g/mol. The average Bonchev–Trinajstić information content (AvgIpc) is 2.36. The van der Waals surface area contributed by atoms with Crippen molar-refractivity contribution < 1.29 is 18.3 Å². The van der Waals surface area contributed by atoms with E-state index in [1.165, 1.54) is 10.4 Å². The van der Waals surface area contributed by atoms with Crippen LogP contribution in [0.15, 0.2) is 30.3 Å². The first-order chi connectivity index (χ1) is 8.99. The lowest BCUT2D eigenvalue weighted by Gasteiger charge is -2.28. The van der Waals surface area contributed by atoms with Crippen LogP contribution in [0.1, 0.15) is 18.4 Å². The number of carboxylic acid groups (broad SMARTS) is 1. The van der Waals surface area contributed by atoms with Gasteiger partial charge >= 0.3 is 5.97 Å². The normalized spacial score (nSPS) is 18.6. The highest BCUT2D eigenvalue weighted by Gasteiger charge is 2.25. The predicted molar refractivity (Wildman–Crippen MR) is 73.5 cm³/mol. The molecule has 5 nitrogen and oxygen atoms in total. The Morgan fingerprint density at radius 3 is 2.79 bits per heavy atom. The molecule has 0 amide bonds. The molecule has 0 aliphatic carbocycles. The molecule has 0 saturated carbocycles. The molecule has 2 rings (SSSR count). The third-order valence-electron chi connectivity index (χ3n) is 2.93. The molecule has 0 atom stereocenters. The van der Waals surface area contributed by atoms with Crippen LogP contribution in [0.3, 0.4) is 0 Å². The van der Waals surface area contributed by atoms with Gasteiger partial charge in [-0.2, -0.15) is 0 Å². The maximum atomic E-state index is 12.0. The zero-order valence-corrected chi connectivity index (χ0v) is 11.1. The first kappa shape index (κ1) is 13.6. The number of sulfonamides is 1. The molecule has 1 aromatic rings. The van der Waals surface area contributed by atoms with Crippen LogP contribution in [0, 0.1) is 0 Å². The second kappa shape index (κ2) is 5.44. The van der Waals surface area contributed by atoms with E-state index in [1.807, 2.05) is 0 Å². The van der Waals surface area contributed by atoms with E-state index in [1.54, 1.807) is 24.3 Å². The lowest BCUT2D eigenvalue weighted by Crippen LogP contribution is -2.37. The lowest BCUT2D eigenvalue weighted by atomic mass is 10.2. The molecule has 1 heterocycles. The number of nitrogens with zero attached hydrogens (tertiary/aromatic N) is 1. The highest BCUT2D eigenvalue weighted by molar-refractivity contribution is 7.92. The van der Waals surface area contributed by atoms with E-state index < -0.39 is 16.0 Å². The van der Waals surface area contributed by atoms with Gasteiger partial charge in [0.05, 0.1) is 11.4 Å². The van der Waals surface area contributed by atoms with Crippen LogP contribution in [-0.2, 0) is 14.8 Å². The number of hydrogen-bond donors (Lipinski definition) is 1. The molecular formula is C13H15NO4S. The van der Waals surface area contributed by atoms with E-state index in [0.29, 0.717) is 24.2 Å². The number of benzene rings is 1. The minimum atomic E-state index is -3.23. The lowest BCUT2D eigenvalue weighted by molar-refractivity contribution is -0.131. The minimum Gasteiger partial charge on any atom is -0.478 e. The first-order valence-corrected chi connectivity index (χ1v) is 7.61.